The maximum absolute atomic E-state index is 10.7. The number of carbonyl (C=O) groups is 1. The van der Waals surface area contributed by atoms with E-state index in [9.17, 15) is 4.79 Å². The van der Waals surface area contributed by atoms with E-state index in [0.29, 0.717) is 28.0 Å². The molecule has 0 unspecified atom stereocenters. The first-order valence-corrected chi connectivity index (χ1v) is 6.67. The zero-order chi connectivity index (χ0) is 14.5. The molecule has 0 aliphatic rings. The number of hydrogen-bond acceptors (Lipinski definition) is 2. The van der Waals surface area contributed by atoms with Crippen LogP contribution in [0.15, 0.2) is 42.5 Å². The highest BCUT2D eigenvalue weighted by atomic mass is 35.5. The third-order valence-corrected chi connectivity index (χ3v) is 3.25. The highest BCUT2D eigenvalue weighted by Gasteiger charge is 2.05. The number of carboxylic acid groups (broad SMARTS) is 1. The summed E-state index contributed by atoms with van der Waals surface area (Å²) in [6, 6.07) is 12.2. The molecule has 0 amide bonds. The summed E-state index contributed by atoms with van der Waals surface area (Å²) in [5.41, 5.74) is 1.51. The molecule has 2 rings (SSSR count). The molecule has 0 heterocycles. The Morgan fingerprint density at radius 1 is 1.15 bits per heavy atom. The monoisotopic (exact) mass is 310 g/mol. The second kappa shape index (κ2) is 6.64. The van der Waals surface area contributed by atoms with E-state index in [4.69, 9.17) is 33.0 Å². The summed E-state index contributed by atoms with van der Waals surface area (Å²) >= 11 is 11.9. The Morgan fingerprint density at radius 2 is 1.95 bits per heavy atom. The molecule has 2 aromatic rings. The van der Waals surface area contributed by atoms with E-state index < -0.39 is 5.97 Å². The van der Waals surface area contributed by atoms with Crippen molar-refractivity contribution < 1.29 is 14.6 Å². The quantitative estimate of drug-likeness (QED) is 0.900. The molecule has 104 valence electrons. The number of aliphatic carboxylic acids is 1. The van der Waals surface area contributed by atoms with Gasteiger partial charge in [-0.25, -0.2) is 0 Å². The Balaban J connectivity index is 2.05. The van der Waals surface area contributed by atoms with E-state index in [1.807, 2.05) is 0 Å². The van der Waals surface area contributed by atoms with Gasteiger partial charge in [0, 0.05) is 15.6 Å². The predicted octanol–water partition coefficient (Wildman–Crippen LogP) is 4.20. The van der Waals surface area contributed by atoms with Gasteiger partial charge in [0.2, 0.25) is 0 Å². The third kappa shape index (κ3) is 4.15. The first-order valence-electron chi connectivity index (χ1n) is 5.92. The summed E-state index contributed by atoms with van der Waals surface area (Å²) in [4.78, 5) is 10.7. The Kier molecular flexibility index (Phi) is 4.88. The largest absolute Gasteiger partial charge is 0.489 e. The molecule has 5 heteroatoms. The fourth-order valence-electron chi connectivity index (χ4n) is 1.72. The van der Waals surface area contributed by atoms with Gasteiger partial charge in [-0.2, -0.15) is 0 Å². The van der Waals surface area contributed by atoms with E-state index in [1.165, 1.54) is 0 Å². The lowest BCUT2D eigenvalue weighted by atomic mass is 10.1. The van der Waals surface area contributed by atoms with Crippen molar-refractivity contribution in [1.82, 2.24) is 0 Å². The number of rotatable bonds is 5. The van der Waals surface area contributed by atoms with Crippen LogP contribution in [0, 0.1) is 0 Å². The molecule has 1 N–H and O–H groups in total. The molecule has 2 aromatic carbocycles. The molecule has 0 saturated carbocycles. The van der Waals surface area contributed by atoms with Crippen molar-refractivity contribution >= 4 is 29.2 Å². The number of halogens is 2. The van der Waals surface area contributed by atoms with Crippen molar-refractivity contribution in [2.24, 2.45) is 0 Å². The minimum Gasteiger partial charge on any atom is -0.489 e. The van der Waals surface area contributed by atoms with Gasteiger partial charge in [-0.1, -0.05) is 41.4 Å². The molecule has 0 saturated heterocycles. The average Bonchev–Trinajstić information content (AvgIpc) is 2.37. The minimum atomic E-state index is -0.872. The van der Waals surface area contributed by atoms with Gasteiger partial charge < -0.3 is 9.84 Å². The summed E-state index contributed by atoms with van der Waals surface area (Å²) in [6.45, 7) is 0.298. The van der Waals surface area contributed by atoms with E-state index in [1.54, 1.807) is 42.5 Å². The van der Waals surface area contributed by atoms with Gasteiger partial charge in [0.1, 0.15) is 12.4 Å². The Labute approximate surface area is 126 Å². The van der Waals surface area contributed by atoms with Crippen LogP contribution in [0.5, 0.6) is 5.75 Å². The molecule has 0 atom stereocenters. The normalized spacial score (nSPS) is 10.3. The molecule has 20 heavy (non-hydrogen) atoms. The third-order valence-electron chi connectivity index (χ3n) is 2.66. The molecule has 0 aromatic heterocycles. The van der Waals surface area contributed by atoms with Gasteiger partial charge in [-0.3, -0.25) is 4.79 Å². The van der Waals surface area contributed by atoms with E-state index in [2.05, 4.69) is 0 Å². The molecule has 0 fully saturated rings. The summed E-state index contributed by atoms with van der Waals surface area (Å²) in [6.07, 6.45) is -0.0289. The number of benzene rings is 2. The molecule has 0 radical (unpaired) electrons. The van der Waals surface area contributed by atoms with Gasteiger partial charge in [0.15, 0.2) is 0 Å². The maximum Gasteiger partial charge on any atom is 0.307 e. The van der Waals surface area contributed by atoms with Crippen LogP contribution in [0.25, 0.3) is 0 Å². The van der Waals surface area contributed by atoms with Crippen molar-refractivity contribution in [3.8, 4) is 5.75 Å². The topological polar surface area (TPSA) is 46.5 Å². The first kappa shape index (κ1) is 14.7. The van der Waals surface area contributed by atoms with E-state index >= 15 is 0 Å². The van der Waals surface area contributed by atoms with Crippen LogP contribution >= 0.6 is 23.2 Å². The highest BCUT2D eigenvalue weighted by Crippen LogP contribution is 2.23. The summed E-state index contributed by atoms with van der Waals surface area (Å²) < 4.78 is 5.61. The van der Waals surface area contributed by atoms with Gasteiger partial charge in [0.25, 0.3) is 0 Å². The van der Waals surface area contributed by atoms with Crippen molar-refractivity contribution in [1.29, 1.82) is 0 Å². The Bertz CT molecular complexity index is 626. The van der Waals surface area contributed by atoms with Crippen LogP contribution in [-0.2, 0) is 17.8 Å². The van der Waals surface area contributed by atoms with Crippen LogP contribution in [0.3, 0.4) is 0 Å². The molecule has 3 nitrogen and oxygen atoms in total. The van der Waals surface area contributed by atoms with Gasteiger partial charge in [-0.15, -0.1) is 0 Å². The van der Waals surface area contributed by atoms with Crippen molar-refractivity contribution in [3.05, 3.63) is 63.6 Å². The molecular formula is C15H12Cl2O3. The first-order chi connectivity index (χ1) is 9.54. The average molecular weight is 311 g/mol. The lowest BCUT2D eigenvalue weighted by Gasteiger charge is -2.09. The predicted molar refractivity (Wildman–Crippen MR) is 78.6 cm³/mol. The number of carboxylic acids is 1. The standard InChI is InChI=1S/C15H12Cl2O3/c16-12-5-4-11(14(17)8-12)9-20-13-3-1-2-10(6-13)7-15(18)19/h1-6,8H,7,9H2,(H,18,19). The van der Waals surface area contributed by atoms with Crippen LogP contribution in [0.1, 0.15) is 11.1 Å². The zero-order valence-corrected chi connectivity index (χ0v) is 12.0. The second-order valence-electron chi connectivity index (χ2n) is 4.24. The van der Waals surface area contributed by atoms with Crippen LogP contribution in [0.2, 0.25) is 10.0 Å². The molecule has 0 spiro atoms. The summed E-state index contributed by atoms with van der Waals surface area (Å²) in [7, 11) is 0. The van der Waals surface area contributed by atoms with Crippen LogP contribution < -0.4 is 4.74 Å². The second-order valence-corrected chi connectivity index (χ2v) is 5.09. The lowest BCUT2D eigenvalue weighted by molar-refractivity contribution is -0.136. The smallest absolute Gasteiger partial charge is 0.307 e. The van der Waals surface area contributed by atoms with E-state index in [-0.39, 0.29) is 6.42 Å². The highest BCUT2D eigenvalue weighted by molar-refractivity contribution is 6.35. The summed E-state index contributed by atoms with van der Waals surface area (Å²) in [5, 5.41) is 9.87. The Hall–Kier alpha value is -1.71. The molecular weight excluding hydrogens is 299 g/mol. The number of hydrogen-bond donors (Lipinski definition) is 1. The fraction of sp³-hybridized carbons (Fsp3) is 0.133. The maximum atomic E-state index is 10.7. The Morgan fingerprint density at radius 3 is 2.65 bits per heavy atom. The SMILES string of the molecule is O=C(O)Cc1cccc(OCc2ccc(Cl)cc2Cl)c1. The van der Waals surface area contributed by atoms with Crippen molar-refractivity contribution in [3.63, 3.8) is 0 Å². The van der Waals surface area contributed by atoms with Crippen LogP contribution in [-0.4, -0.2) is 11.1 Å². The van der Waals surface area contributed by atoms with Gasteiger partial charge >= 0.3 is 5.97 Å². The molecule has 0 aliphatic heterocycles. The zero-order valence-electron chi connectivity index (χ0n) is 10.5. The summed E-state index contributed by atoms with van der Waals surface area (Å²) in [5.74, 6) is -0.266. The van der Waals surface area contributed by atoms with Gasteiger partial charge in [-0.05, 0) is 29.8 Å². The van der Waals surface area contributed by atoms with Gasteiger partial charge in [0.05, 0.1) is 6.42 Å². The molecule has 0 bridgehead atoms. The molecule has 0 aliphatic carbocycles. The van der Waals surface area contributed by atoms with Crippen molar-refractivity contribution in [2.45, 2.75) is 13.0 Å². The van der Waals surface area contributed by atoms with E-state index in [0.717, 1.165) is 5.56 Å². The van der Waals surface area contributed by atoms with Crippen molar-refractivity contribution in [2.75, 3.05) is 0 Å². The number of ether oxygens (including phenoxy) is 1. The van der Waals surface area contributed by atoms with Crippen LogP contribution in [0.4, 0.5) is 0 Å². The lowest BCUT2D eigenvalue weighted by Crippen LogP contribution is -2.01. The fourth-order valence-corrected chi connectivity index (χ4v) is 2.18. The minimum absolute atomic E-state index is 0.0289.